The molecule has 5 heteroatoms. The number of pyridine rings is 2. The molecule has 0 amide bonds. The highest BCUT2D eigenvalue weighted by Gasteiger charge is 2.19. The number of phenolic OH excluding ortho intramolecular Hbond substituents is 1. The van der Waals surface area contributed by atoms with Gasteiger partial charge in [-0.25, -0.2) is 9.97 Å². The van der Waals surface area contributed by atoms with Crippen LogP contribution in [0.25, 0.3) is 60.8 Å². The first-order valence-corrected chi connectivity index (χ1v) is 16.3. The maximum Gasteiger partial charge on any atom is 0.146 e. The van der Waals surface area contributed by atoms with Gasteiger partial charge in [0.1, 0.15) is 17.2 Å². The fourth-order valence-electron chi connectivity index (χ4n) is 6.88. The molecule has 1 N–H and O–H groups in total. The molecule has 49 heavy (non-hydrogen) atoms. The third kappa shape index (κ3) is 4.96. The number of aromatic hydroxyl groups is 1. The van der Waals surface area contributed by atoms with Crippen LogP contribution >= 0.6 is 0 Å². The van der Waals surface area contributed by atoms with E-state index in [0.29, 0.717) is 5.69 Å². The lowest BCUT2D eigenvalue weighted by Crippen LogP contribution is -2.11. The van der Waals surface area contributed by atoms with Gasteiger partial charge in [-0.15, -0.1) is 0 Å². The van der Waals surface area contributed by atoms with E-state index in [9.17, 15) is 5.11 Å². The molecule has 0 saturated carbocycles. The van der Waals surface area contributed by atoms with Crippen molar-refractivity contribution < 1.29 is 5.11 Å². The largest absolute Gasteiger partial charge is 0.506 e. The molecule has 3 aromatic heterocycles. The fraction of sp³-hybridized carbons (Fsp3) is 0. The topological polar surface area (TPSA) is 54.2 Å². The van der Waals surface area contributed by atoms with Crippen LogP contribution in [-0.4, -0.2) is 19.6 Å². The third-order valence-electron chi connectivity index (χ3n) is 9.13. The summed E-state index contributed by atoms with van der Waals surface area (Å²) >= 11 is 0. The van der Waals surface area contributed by atoms with Crippen molar-refractivity contribution in [1.82, 2.24) is 14.5 Å². The molecule has 3 heterocycles. The number of hydrogen-bond acceptors (Lipinski definition) is 4. The Morgan fingerprint density at radius 2 is 1.27 bits per heavy atom. The minimum atomic E-state index is 0.205. The zero-order chi connectivity index (χ0) is 32.7. The Balaban J connectivity index is 1.19. The number of anilines is 3. The van der Waals surface area contributed by atoms with Crippen LogP contribution < -0.4 is 4.90 Å². The number of benzene rings is 6. The first-order chi connectivity index (χ1) is 24.2. The molecular formula is C44H30N4O. The second kappa shape index (κ2) is 11.8. The lowest BCUT2D eigenvalue weighted by Gasteiger charge is -2.25. The third-order valence-corrected chi connectivity index (χ3v) is 9.13. The predicted octanol–water partition coefficient (Wildman–Crippen LogP) is 11.2. The summed E-state index contributed by atoms with van der Waals surface area (Å²) in [5, 5.41) is 15.4. The molecule has 0 aliphatic rings. The molecule has 0 aliphatic carbocycles. The van der Waals surface area contributed by atoms with Crippen molar-refractivity contribution in [2.24, 2.45) is 0 Å². The lowest BCUT2D eigenvalue weighted by atomic mass is 9.99. The van der Waals surface area contributed by atoms with Gasteiger partial charge in [0.25, 0.3) is 0 Å². The number of nitrogens with zero attached hydrogens (tertiary/aromatic N) is 4. The van der Waals surface area contributed by atoms with Crippen LogP contribution in [0.3, 0.4) is 0 Å². The van der Waals surface area contributed by atoms with Crippen molar-refractivity contribution in [3.05, 3.63) is 176 Å². The van der Waals surface area contributed by atoms with E-state index in [1.807, 2.05) is 59.3 Å². The molecule has 9 rings (SSSR count). The van der Waals surface area contributed by atoms with E-state index in [2.05, 4.69) is 120 Å². The average molecular weight is 631 g/mol. The van der Waals surface area contributed by atoms with E-state index < -0.39 is 0 Å². The summed E-state index contributed by atoms with van der Waals surface area (Å²) in [5.74, 6) is 1.02. The van der Waals surface area contributed by atoms with Gasteiger partial charge in [0.2, 0.25) is 0 Å². The first-order valence-electron chi connectivity index (χ1n) is 16.3. The van der Waals surface area contributed by atoms with Crippen LogP contribution in [0.15, 0.2) is 176 Å². The highest BCUT2D eigenvalue weighted by Crippen LogP contribution is 2.39. The van der Waals surface area contributed by atoms with E-state index in [0.717, 1.165) is 55.9 Å². The number of hydrogen-bond donors (Lipinski definition) is 1. The molecule has 0 saturated heterocycles. The molecule has 0 unspecified atom stereocenters. The predicted molar refractivity (Wildman–Crippen MR) is 201 cm³/mol. The minimum Gasteiger partial charge on any atom is -0.506 e. The number of para-hydroxylation sites is 4. The number of fused-ring (bicyclic) bond motifs is 4. The molecular weight excluding hydrogens is 601 g/mol. The maximum absolute atomic E-state index is 10.9. The van der Waals surface area contributed by atoms with E-state index in [1.165, 1.54) is 16.3 Å². The molecule has 5 nitrogen and oxygen atoms in total. The number of phenols is 1. The standard InChI is InChI=1S/C44H30N4O/c49-42-23-9-8-22-41(42)48-40-21-7-6-19-37(40)38-24-25-39(46-44(38)48)32-14-10-17-34(28-32)47(33-15-2-1-3-16-33)43-29-31(26-27-45-43)36-20-11-13-30-12-4-5-18-35(30)36/h1-29,49H. The normalized spacial score (nSPS) is 11.3. The molecule has 0 fully saturated rings. The molecule has 6 aromatic carbocycles. The second-order valence-corrected chi connectivity index (χ2v) is 12.1. The van der Waals surface area contributed by atoms with Crippen LogP contribution in [0.4, 0.5) is 17.2 Å². The summed E-state index contributed by atoms with van der Waals surface area (Å²) in [5.41, 5.74) is 8.52. The molecule has 9 aromatic rings. The smallest absolute Gasteiger partial charge is 0.146 e. The van der Waals surface area contributed by atoms with Gasteiger partial charge in [0.05, 0.1) is 16.9 Å². The van der Waals surface area contributed by atoms with Crippen LogP contribution in [0.2, 0.25) is 0 Å². The van der Waals surface area contributed by atoms with Crippen molar-refractivity contribution in [2.45, 2.75) is 0 Å². The summed E-state index contributed by atoms with van der Waals surface area (Å²) in [4.78, 5) is 12.3. The number of rotatable bonds is 6. The Kier molecular flexibility index (Phi) is 6.87. The summed E-state index contributed by atoms with van der Waals surface area (Å²) in [6, 6.07) is 57.8. The highest BCUT2D eigenvalue weighted by atomic mass is 16.3. The zero-order valence-corrected chi connectivity index (χ0v) is 26.5. The molecule has 0 spiro atoms. The summed E-state index contributed by atoms with van der Waals surface area (Å²) in [6.45, 7) is 0. The molecule has 232 valence electrons. The second-order valence-electron chi connectivity index (χ2n) is 12.1. The van der Waals surface area contributed by atoms with Crippen molar-refractivity contribution in [1.29, 1.82) is 0 Å². The van der Waals surface area contributed by atoms with Crippen molar-refractivity contribution in [3.63, 3.8) is 0 Å². The van der Waals surface area contributed by atoms with Crippen LogP contribution in [0.1, 0.15) is 0 Å². The van der Waals surface area contributed by atoms with Gasteiger partial charge in [-0.1, -0.05) is 103 Å². The van der Waals surface area contributed by atoms with Crippen LogP contribution in [0.5, 0.6) is 5.75 Å². The van der Waals surface area contributed by atoms with Crippen molar-refractivity contribution in [2.75, 3.05) is 4.90 Å². The Hall–Kier alpha value is -6.72. The molecule has 0 atom stereocenters. The monoisotopic (exact) mass is 630 g/mol. The van der Waals surface area contributed by atoms with Crippen molar-refractivity contribution in [3.8, 4) is 33.8 Å². The minimum absolute atomic E-state index is 0.205. The maximum atomic E-state index is 10.9. The number of aromatic nitrogens is 3. The Labute approximate surface area is 283 Å². The van der Waals surface area contributed by atoms with E-state index in [-0.39, 0.29) is 5.75 Å². The van der Waals surface area contributed by atoms with Gasteiger partial charge in [0, 0.05) is 33.9 Å². The SMILES string of the molecule is Oc1ccccc1-n1c2ccccc2c2ccc(-c3cccc(N(c4ccccc4)c4cc(-c5cccc6ccccc56)ccn4)c3)nc21. The average Bonchev–Trinajstić information content (AvgIpc) is 3.49. The Morgan fingerprint density at radius 3 is 2.16 bits per heavy atom. The first kappa shape index (κ1) is 28.5. The highest BCUT2D eigenvalue weighted by molar-refractivity contribution is 6.08. The van der Waals surface area contributed by atoms with Gasteiger partial charge in [-0.3, -0.25) is 9.47 Å². The Morgan fingerprint density at radius 1 is 0.531 bits per heavy atom. The van der Waals surface area contributed by atoms with Gasteiger partial charge in [-0.2, -0.15) is 0 Å². The quantitative estimate of drug-likeness (QED) is 0.199. The molecule has 0 bridgehead atoms. The van der Waals surface area contributed by atoms with Gasteiger partial charge in [0.15, 0.2) is 0 Å². The zero-order valence-electron chi connectivity index (χ0n) is 26.5. The summed E-state index contributed by atoms with van der Waals surface area (Å²) < 4.78 is 2.05. The van der Waals surface area contributed by atoms with E-state index in [1.54, 1.807) is 6.07 Å². The molecule has 0 radical (unpaired) electrons. The lowest BCUT2D eigenvalue weighted by molar-refractivity contribution is 0.473. The summed E-state index contributed by atoms with van der Waals surface area (Å²) in [6.07, 6.45) is 1.89. The van der Waals surface area contributed by atoms with Crippen LogP contribution in [0, 0.1) is 0 Å². The van der Waals surface area contributed by atoms with Crippen molar-refractivity contribution >= 4 is 49.9 Å². The Bertz CT molecular complexity index is 2640. The summed E-state index contributed by atoms with van der Waals surface area (Å²) in [7, 11) is 0. The van der Waals surface area contributed by atoms with Gasteiger partial charge in [-0.05, 0) is 88.6 Å². The fourth-order valence-corrected chi connectivity index (χ4v) is 6.88. The van der Waals surface area contributed by atoms with E-state index in [4.69, 9.17) is 9.97 Å². The van der Waals surface area contributed by atoms with Gasteiger partial charge < -0.3 is 5.11 Å². The van der Waals surface area contributed by atoms with Gasteiger partial charge >= 0.3 is 0 Å². The molecule has 0 aliphatic heterocycles. The van der Waals surface area contributed by atoms with E-state index >= 15 is 0 Å². The van der Waals surface area contributed by atoms with Crippen LogP contribution in [-0.2, 0) is 0 Å².